The standard InChI is InChI=1S/C17H14N2O5S2/c1-24-16(21)12-6-4-3-5-11(12)15(20)19-17-18-13-8-7-10(26(2,22)23)9-14(13)25-17/h3-9H,1-2H3,(H,18,19,20). The number of benzene rings is 2. The lowest BCUT2D eigenvalue weighted by molar-refractivity contribution is 0.0597. The molecule has 0 fully saturated rings. The molecule has 134 valence electrons. The first-order valence-electron chi connectivity index (χ1n) is 7.39. The van der Waals surface area contributed by atoms with Crippen LogP contribution in [0.2, 0.25) is 0 Å². The largest absolute Gasteiger partial charge is 0.465 e. The Labute approximate surface area is 153 Å². The van der Waals surface area contributed by atoms with E-state index in [2.05, 4.69) is 15.0 Å². The third-order valence-electron chi connectivity index (χ3n) is 3.59. The molecule has 3 rings (SSSR count). The topological polar surface area (TPSA) is 102 Å². The minimum absolute atomic E-state index is 0.146. The van der Waals surface area contributed by atoms with Crippen molar-refractivity contribution in [2.45, 2.75) is 4.90 Å². The zero-order valence-corrected chi connectivity index (χ0v) is 15.5. The third kappa shape index (κ3) is 3.58. The lowest BCUT2D eigenvalue weighted by Crippen LogP contribution is -2.16. The molecular weight excluding hydrogens is 376 g/mol. The number of anilines is 1. The Morgan fingerprint density at radius 1 is 1.12 bits per heavy atom. The van der Waals surface area contributed by atoms with Crippen molar-refractivity contribution in [1.82, 2.24) is 4.98 Å². The maximum atomic E-state index is 12.5. The number of fused-ring (bicyclic) bond motifs is 1. The number of hydrogen-bond acceptors (Lipinski definition) is 7. The Balaban J connectivity index is 1.92. The molecule has 0 spiro atoms. The number of amides is 1. The highest BCUT2D eigenvalue weighted by molar-refractivity contribution is 7.90. The summed E-state index contributed by atoms with van der Waals surface area (Å²) < 4.78 is 28.6. The number of carbonyl (C=O) groups excluding carboxylic acids is 2. The molecule has 9 heteroatoms. The highest BCUT2D eigenvalue weighted by atomic mass is 32.2. The van der Waals surface area contributed by atoms with E-state index in [1.54, 1.807) is 18.2 Å². The van der Waals surface area contributed by atoms with Crippen LogP contribution in [0.5, 0.6) is 0 Å². The minimum atomic E-state index is -3.33. The monoisotopic (exact) mass is 390 g/mol. The second-order valence-electron chi connectivity index (χ2n) is 5.41. The first-order valence-corrected chi connectivity index (χ1v) is 10.1. The summed E-state index contributed by atoms with van der Waals surface area (Å²) in [6, 6.07) is 10.8. The summed E-state index contributed by atoms with van der Waals surface area (Å²) in [6.07, 6.45) is 1.13. The third-order valence-corrected chi connectivity index (χ3v) is 5.63. The Bertz CT molecular complexity index is 1120. The van der Waals surface area contributed by atoms with Crippen LogP contribution >= 0.6 is 11.3 Å². The molecule has 0 aliphatic heterocycles. The van der Waals surface area contributed by atoms with Crippen molar-refractivity contribution < 1.29 is 22.7 Å². The molecule has 1 N–H and O–H groups in total. The van der Waals surface area contributed by atoms with Crippen LogP contribution in [0.4, 0.5) is 5.13 Å². The molecule has 0 aliphatic carbocycles. The molecule has 2 aromatic carbocycles. The van der Waals surface area contributed by atoms with Crippen molar-refractivity contribution >= 4 is 48.4 Å². The number of hydrogen-bond donors (Lipinski definition) is 1. The van der Waals surface area contributed by atoms with Gasteiger partial charge in [-0.3, -0.25) is 10.1 Å². The van der Waals surface area contributed by atoms with Crippen LogP contribution in [0, 0.1) is 0 Å². The molecule has 0 radical (unpaired) electrons. The van der Waals surface area contributed by atoms with Gasteiger partial charge in [0, 0.05) is 6.26 Å². The summed E-state index contributed by atoms with van der Waals surface area (Å²) in [7, 11) is -2.09. The van der Waals surface area contributed by atoms with Crippen molar-refractivity contribution in [2.24, 2.45) is 0 Å². The Kier molecular flexibility index (Phi) is 4.75. The molecule has 0 saturated carbocycles. The molecule has 7 nitrogen and oxygen atoms in total. The number of aromatic nitrogens is 1. The van der Waals surface area contributed by atoms with Gasteiger partial charge in [0.05, 0.1) is 33.3 Å². The molecule has 0 atom stereocenters. The van der Waals surface area contributed by atoms with Crippen LogP contribution in [0.25, 0.3) is 10.2 Å². The summed E-state index contributed by atoms with van der Waals surface area (Å²) in [5.74, 6) is -1.12. The summed E-state index contributed by atoms with van der Waals surface area (Å²) in [5.41, 5.74) is 0.877. The van der Waals surface area contributed by atoms with E-state index in [-0.39, 0.29) is 16.0 Å². The van der Waals surface area contributed by atoms with Gasteiger partial charge in [0.25, 0.3) is 5.91 Å². The summed E-state index contributed by atoms with van der Waals surface area (Å²) in [5, 5.41) is 2.94. The maximum absolute atomic E-state index is 12.5. The fourth-order valence-electron chi connectivity index (χ4n) is 2.32. The molecule has 3 aromatic rings. The Morgan fingerprint density at radius 2 is 1.81 bits per heavy atom. The Morgan fingerprint density at radius 3 is 2.46 bits per heavy atom. The zero-order chi connectivity index (χ0) is 18.9. The number of nitrogens with zero attached hydrogens (tertiary/aromatic N) is 1. The lowest BCUT2D eigenvalue weighted by atomic mass is 10.1. The van der Waals surface area contributed by atoms with E-state index in [1.165, 1.54) is 31.4 Å². The second kappa shape index (κ2) is 6.85. The number of ether oxygens (including phenoxy) is 1. The number of methoxy groups -OCH3 is 1. The Hall–Kier alpha value is -2.78. The summed E-state index contributed by atoms with van der Waals surface area (Å²) in [4.78, 5) is 28.8. The SMILES string of the molecule is COC(=O)c1ccccc1C(=O)Nc1nc2ccc(S(C)(=O)=O)cc2s1. The summed E-state index contributed by atoms with van der Waals surface area (Å²) in [6.45, 7) is 0. The fraction of sp³-hybridized carbons (Fsp3) is 0.118. The van der Waals surface area contributed by atoms with E-state index in [4.69, 9.17) is 0 Å². The number of sulfone groups is 1. The molecule has 1 heterocycles. The van der Waals surface area contributed by atoms with Crippen molar-refractivity contribution in [1.29, 1.82) is 0 Å². The van der Waals surface area contributed by atoms with Crippen LogP contribution < -0.4 is 5.32 Å². The van der Waals surface area contributed by atoms with Gasteiger partial charge in [-0.2, -0.15) is 0 Å². The predicted octanol–water partition coefficient (Wildman–Crippen LogP) is 2.74. The van der Waals surface area contributed by atoms with Crippen LogP contribution in [-0.2, 0) is 14.6 Å². The molecule has 0 aliphatic rings. The van der Waals surface area contributed by atoms with Gasteiger partial charge in [0.1, 0.15) is 0 Å². The van der Waals surface area contributed by atoms with Gasteiger partial charge in [-0.1, -0.05) is 23.5 Å². The van der Waals surface area contributed by atoms with Crippen molar-refractivity contribution in [2.75, 3.05) is 18.7 Å². The van der Waals surface area contributed by atoms with E-state index >= 15 is 0 Å². The van der Waals surface area contributed by atoms with Gasteiger partial charge < -0.3 is 4.74 Å². The normalized spacial score (nSPS) is 11.3. The van der Waals surface area contributed by atoms with E-state index in [9.17, 15) is 18.0 Å². The number of rotatable bonds is 4. The van der Waals surface area contributed by atoms with Gasteiger partial charge in [0.2, 0.25) is 0 Å². The average molecular weight is 390 g/mol. The number of nitrogens with one attached hydrogen (secondary N) is 1. The average Bonchev–Trinajstić information content (AvgIpc) is 3.01. The van der Waals surface area contributed by atoms with Crippen LogP contribution in [0.15, 0.2) is 47.4 Å². The lowest BCUT2D eigenvalue weighted by Gasteiger charge is -2.06. The number of esters is 1. The molecule has 1 amide bonds. The number of thiazole rings is 1. The molecule has 0 unspecified atom stereocenters. The van der Waals surface area contributed by atoms with E-state index in [0.717, 1.165) is 17.6 Å². The highest BCUT2D eigenvalue weighted by Crippen LogP contribution is 2.28. The first kappa shape index (κ1) is 18.0. The molecule has 1 aromatic heterocycles. The van der Waals surface area contributed by atoms with Crippen LogP contribution in [0.1, 0.15) is 20.7 Å². The number of carbonyl (C=O) groups is 2. The second-order valence-corrected chi connectivity index (χ2v) is 8.46. The fourth-order valence-corrected chi connectivity index (χ4v) is 3.94. The van der Waals surface area contributed by atoms with Gasteiger partial charge in [0.15, 0.2) is 15.0 Å². The van der Waals surface area contributed by atoms with E-state index in [0.29, 0.717) is 15.3 Å². The van der Waals surface area contributed by atoms with E-state index < -0.39 is 21.7 Å². The van der Waals surface area contributed by atoms with Crippen molar-refractivity contribution in [3.8, 4) is 0 Å². The summed E-state index contributed by atoms with van der Waals surface area (Å²) >= 11 is 1.15. The molecule has 0 saturated heterocycles. The van der Waals surface area contributed by atoms with E-state index in [1.807, 2.05) is 0 Å². The maximum Gasteiger partial charge on any atom is 0.338 e. The smallest absolute Gasteiger partial charge is 0.338 e. The molecule has 0 bridgehead atoms. The minimum Gasteiger partial charge on any atom is -0.465 e. The van der Waals surface area contributed by atoms with Crippen molar-refractivity contribution in [3.63, 3.8) is 0 Å². The highest BCUT2D eigenvalue weighted by Gasteiger charge is 2.18. The van der Waals surface area contributed by atoms with Crippen LogP contribution in [-0.4, -0.2) is 38.6 Å². The van der Waals surface area contributed by atoms with Gasteiger partial charge in [-0.25, -0.2) is 18.2 Å². The van der Waals surface area contributed by atoms with Gasteiger partial charge in [-0.15, -0.1) is 0 Å². The van der Waals surface area contributed by atoms with Crippen molar-refractivity contribution in [3.05, 3.63) is 53.6 Å². The first-order chi connectivity index (χ1) is 12.3. The predicted molar refractivity (Wildman–Crippen MR) is 98.5 cm³/mol. The molecule has 26 heavy (non-hydrogen) atoms. The van der Waals surface area contributed by atoms with Crippen LogP contribution in [0.3, 0.4) is 0 Å². The zero-order valence-electron chi connectivity index (χ0n) is 13.8. The van der Waals surface area contributed by atoms with Gasteiger partial charge in [-0.05, 0) is 30.3 Å². The molecular formula is C17H14N2O5S2. The van der Waals surface area contributed by atoms with Gasteiger partial charge >= 0.3 is 5.97 Å². The quantitative estimate of drug-likeness (QED) is 0.687.